The molecular formula is C21H35N5O. The Bertz CT molecular complexity index is 590. The largest absolute Gasteiger partial charge is 0.468 e. The van der Waals surface area contributed by atoms with Gasteiger partial charge in [-0.1, -0.05) is 6.42 Å². The van der Waals surface area contributed by atoms with Crippen LogP contribution >= 0.6 is 0 Å². The van der Waals surface area contributed by atoms with Crippen LogP contribution in [0.3, 0.4) is 0 Å². The molecule has 3 aliphatic heterocycles. The van der Waals surface area contributed by atoms with Crippen LogP contribution in [0.4, 0.5) is 0 Å². The summed E-state index contributed by atoms with van der Waals surface area (Å²) in [6, 6.07) is 5.09. The van der Waals surface area contributed by atoms with E-state index in [1.807, 2.05) is 13.1 Å². The Morgan fingerprint density at radius 2 is 1.93 bits per heavy atom. The summed E-state index contributed by atoms with van der Waals surface area (Å²) >= 11 is 0. The Morgan fingerprint density at radius 1 is 1.15 bits per heavy atom. The maximum Gasteiger partial charge on any atom is 0.193 e. The highest BCUT2D eigenvalue weighted by Gasteiger charge is 2.31. The van der Waals surface area contributed by atoms with Crippen LogP contribution in [0.2, 0.25) is 0 Å². The van der Waals surface area contributed by atoms with Gasteiger partial charge in [-0.25, -0.2) is 0 Å². The molecule has 4 rings (SSSR count). The first-order valence-corrected chi connectivity index (χ1v) is 10.8. The molecule has 27 heavy (non-hydrogen) atoms. The molecule has 3 aliphatic rings. The Morgan fingerprint density at radius 3 is 2.63 bits per heavy atom. The number of nitrogens with one attached hydrogen (secondary N) is 1. The van der Waals surface area contributed by atoms with E-state index in [-0.39, 0.29) is 0 Å². The van der Waals surface area contributed by atoms with E-state index >= 15 is 0 Å². The highest BCUT2D eigenvalue weighted by Crippen LogP contribution is 2.25. The van der Waals surface area contributed by atoms with Crippen molar-refractivity contribution in [3.63, 3.8) is 0 Å². The second kappa shape index (κ2) is 9.11. The highest BCUT2D eigenvalue weighted by molar-refractivity contribution is 5.80. The molecule has 2 atom stereocenters. The van der Waals surface area contributed by atoms with Gasteiger partial charge in [0.2, 0.25) is 0 Å². The lowest BCUT2D eigenvalue weighted by molar-refractivity contribution is 0.168. The van der Waals surface area contributed by atoms with Gasteiger partial charge in [0.1, 0.15) is 5.76 Å². The van der Waals surface area contributed by atoms with Crippen molar-refractivity contribution >= 4 is 5.96 Å². The van der Waals surface area contributed by atoms with Crippen molar-refractivity contribution in [2.45, 2.75) is 50.6 Å². The molecule has 1 aromatic rings. The van der Waals surface area contributed by atoms with E-state index in [0.29, 0.717) is 12.1 Å². The summed E-state index contributed by atoms with van der Waals surface area (Å²) in [6.45, 7) is 7.94. The van der Waals surface area contributed by atoms with Gasteiger partial charge in [-0.3, -0.25) is 14.8 Å². The fourth-order valence-electron chi connectivity index (χ4n) is 4.98. The Kier molecular flexibility index (Phi) is 6.35. The van der Waals surface area contributed by atoms with E-state index in [1.165, 1.54) is 51.6 Å². The number of nitrogens with zero attached hydrogens (tertiary/aromatic N) is 4. The minimum Gasteiger partial charge on any atom is -0.468 e. The van der Waals surface area contributed by atoms with Crippen LogP contribution in [-0.2, 0) is 0 Å². The lowest BCUT2D eigenvalue weighted by Gasteiger charge is -2.32. The molecule has 0 saturated carbocycles. The number of hydrogen-bond donors (Lipinski definition) is 1. The van der Waals surface area contributed by atoms with Crippen molar-refractivity contribution in [1.29, 1.82) is 0 Å². The van der Waals surface area contributed by atoms with Gasteiger partial charge in [-0.2, -0.15) is 0 Å². The first kappa shape index (κ1) is 18.8. The molecular weight excluding hydrogens is 338 g/mol. The number of likely N-dealkylation sites (tertiary alicyclic amines) is 3. The summed E-state index contributed by atoms with van der Waals surface area (Å²) in [4.78, 5) is 12.3. The third kappa shape index (κ3) is 4.49. The lowest BCUT2D eigenvalue weighted by Crippen LogP contribution is -2.46. The molecule has 0 aromatic carbocycles. The van der Waals surface area contributed by atoms with Gasteiger partial charge < -0.3 is 14.6 Å². The Hall–Kier alpha value is -1.53. The fraction of sp³-hybridized carbons (Fsp3) is 0.762. The molecule has 1 aromatic heterocycles. The number of rotatable bonds is 5. The topological polar surface area (TPSA) is 47.3 Å². The maximum absolute atomic E-state index is 5.75. The molecule has 3 fully saturated rings. The van der Waals surface area contributed by atoms with Crippen LogP contribution in [0, 0.1) is 0 Å². The van der Waals surface area contributed by atoms with Gasteiger partial charge in [0.15, 0.2) is 5.96 Å². The van der Waals surface area contributed by atoms with Crippen molar-refractivity contribution in [3.05, 3.63) is 24.2 Å². The van der Waals surface area contributed by atoms with Gasteiger partial charge in [0, 0.05) is 32.7 Å². The first-order chi connectivity index (χ1) is 13.3. The van der Waals surface area contributed by atoms with Crippen LogP contribution in [0.5, 0.6) is 0 Å². The predicted molar refractivity (Wildman–Crippen MR) is 109 cm³/mol. The third-order valence-electron chi connectivity index (χ3n) is 6.49. The lowest BCUT2D eigenvalue weighted by atomic mass is 10.1. The Labute approximate surface area is 163 Å². The van der Waals surface area contributed by atoms with Crippen LogP contribution in [-0.4, -0.2) is 79.6 Å². The minimum atomic E-state index is 0.291. The summed E-state index contributed by atoms with van der Waals surface area (Å²) in [6.07, 6.45) is 9.76. The van der Waals surface area contributed by atoms with Gasteiger partial charge in [0.05, 0.1) is 12.3 Å². The summed E-state index contributed by atoms with van der Waals surface area (Å²) in [7, 11) is 1.91. The SMILES string of the molecule is CN=C(NCC(c1ccco1)N1CCCC1)N1CCC(N2CCCCC2)C1. The quantitative estimate of drug-likeness (QED) is 0.635. The predicted octanol–water partition coefficient (Wildman–Crippen LogP) is 2.55. The summed E-state index contributed by atoms with van der Waals surface area (Å²) in [5.41, 5.74) is 0. The van der Waals surface area contributed by atoms with Crippen molar-refractivity contribution in [3.8, 4) is 0 Å². The van der Waals surface area contributed by atoms with Gasteiger partial charge in [-0.15, -0.1) is 0 Å². The van der Waals surface area contributed by atoms with E-state index in [0.717, 1.165) is 44.4 Å². The molecule has 0 radical (unpaired) electrons. The average Bonchev–Trinajstić information content (AvgIpc) is 3.49. The van der Waals surface area contributed by atoms with E-state index < -0.39 is 0 Å². The second-order valence-electron chi connectivity index (χ2n) is 8.19. The fourth-order valence-corrected chi connectivity index (χ4v) is 4.98. The molecule has 4 heterocycles. The van der Waals surface area contributed by atoms with Crippen molar-refractivity contribution in [2.24, 2.45) is 4.99 Å². The van der Waals surface area contributed by atoms with Crippen LogP contribution in [0.15, 0.2) is 27.8 Å². The number of aliphatic imine (C=N–C) groups is 1. The summed E-state index contributed by atoms with van der Waals surface area (Å²) in [5, 5.41) is 3.66. The van der Waals surface area contributed by atoms with Gasteiger partial charge >= 0.3 is 0 Å². The smallest absolute Gasteiger partial charge is 0.193 e. The molecule has 0 bridgehead atoms. The van der Waals surface area contributed by atoms with E-state index in [2.05, 4.69) is 31.1 Å². The molecule has 6 nitrogen and oxygen atoms in total. The molecule has 1 N–H and O–H groups in total. The number of piperidine rings is 1. The standard InChI is InChI=1S/C21H35N5O/c1-22-21(26-14-9-18(17-26)24-10-3-2-4-11-24)23-16-19(20-8-7-15-27-20)25-12-5-6-13-25/h7-8,15,18-19H,2-6,9-14,16-17H2,1H3,(H,22,23). The average molecular weight is 374 g/mol. The van der Waals surface area contributed by atoms with Crippen LogP contribution in [0.1, 0.15) is 50.3 Å². The van der Waals surface area contributed by atoms with Crippen molar-refractivity contribution in [2.75, 3.05) is 52.9 Å². The summed E-state index contributed by atoms with van der Waals surface area (Å²) in [5.74, 6) is 2.11. The van der Waals surface area contributed by atoms with E-state index in [4.69, 9.17) is 4.42 Å². The van der Waals surface area contributed by atoms with Gasteiger partial charge in [-0.05, 0) is 70.4 Å². The van der Waals surface area contributed by atoms with Crippen molar-refractivity contribution < 1.29 is 4.42 Å². The molecule has 6 heteroatoms. The number of hydrogen-bond acceptors (Lipinski definition) is 4. The maximum atomic E-state index is 5.75. The van der Waals surface area contributed by atoms with Crippen LogP contribution in [0.25, 0.3) is 0 Å². The first-order valence-electron chi connectivity index (χ1n) is 10.8. The van der Waals surface area contributed by atoms with E-state index in [9.17, 15) is 0 Å². The molecule has 0 spiro atoms. The van der Waals surface area contributed by atoms with Crippen LogP contribution < -0.4 is 5.32 Å². The molecule has 3 saturated heterocycles. The molecule has 2 unspecified atom stereocenters. The molecule has 0 amide bonds. The number of guanidine groups is 1. The normalized spacial score (nSPS) is 26.6. The Balaban J connectivity index is 1.34. The highest BCUT2D eigenvalue weighted by atomic mass is 16.3. The number of furan rings is 1. The van der Waals surface area contributed by atoms with E-state index in [1.54, 1.807) is 6.26 Å². The molecule has 0 aliphatic carbocycles. The third-order valence-corrected chi connectivity index (χ3v) is 6.49. The minimum absolute atomic E-state index is 0.291. The monoisotopic (exact) mass is 373 g/mol. The zero-order chi connectivity index (χ0) is 18.5. The molecule has 150 valence electrons. The zero-order valence-corrected chi connectivity index (χ0v) is 16.8. The van der Waals surface area contributed by atoms with Gasteiger partial charge in [0.25, 0.3) is 0 Å². The summed E-state index contributed by atoms with van der Waals surface area (Å²) < 4.78 is 5.75. The van der Waals surface area contributed by atoms with Crippen molar-refractivity contribution in [1.82, 2.24) is 20.0 Å². The second-order valence-corrected chi connectivity index (χ2v) is 8.19. The zero-order valence-electron chi connectivity index (χ0n) is 16.8.